The quantitative estimate of drug-likeness (QED) is 0.817. The zero-order chi connectivity index (χ0) is 18.1. The lowest BCUT2D eigenvalue weighted by molar-refractivity contribution is -0.132. The van der Waals surface area contributed by atoms with E-state index in [1.807, 2.05) is 29.2 Å². The molecule has 26 heavy (non-hydrogen) atoms. The van der Waals surface area contributed by atoms with Gasteiger partial charge in [0.15, 0.2) is 5.82 Å². The number of hydrogen-bond acceptors (Lipinski definition) is 5. The summed E-state index contributed by atoms with van der Waals surface area (Å²) in [5, 5.41) is 8.71. The average Bonchev–Trinajstić information content (AvgIpc) is 3.37. The summed E-state index contributed by atoms with van der Waals surface area (Å²) < 4.78 is 13.1. The topological polar surface area (TPSA) is 69.5 Å². The van der Waals surface area contributed by atoms with E-state index in [2.05, 4.69) is 14.8 Å². The molecule has 3 heterocycles. The fraction of sp³-hybridized carbons (Fsp3) is 0.526. The second-order valence-electron chi connectivity index (χ2n) is 6.87. The molecule has 0 bridgehead atoms. The molecule has 1 fully saturated rings. The van der Waals surface area contributed by atoms with Crippen molar-refractivity contribution in [2.75, 3.05) is 20.8 Å². The first-order valence-corrected chi connectivity index (χ1v) is 9.07. The van der Waals surface area contributed by atoms with Gasteiger partial charge >= 0.3 is 0 Å². The number of carbonyl (C=O) groups is 1. The number of carbonyl (C=O) groups excluding carboxylic acids is 1. The molecule has 0 radical (unpaired) electrons. The Morgan fingerprint density at radius 2 is 2.12 bits per heavy atom. The SMILES string of the molecule is COc1ccccc1CC(=O)N1C[C@H](OC)C[C@H]1c1nnc2n1CCC2. The molecule has 0 unspecified atom stereocenters. The van der Waals surface area contributed by atoms with Gasteiger partial charge in [-0.15, -0.1) is 10.2 Å². The molecule has 7 heteroatoms. The van der Waals surface area contributed by atoms with Crippen LogP contribution in [0.15, 0.2) is 24.3 Å². The summed E-state index contributed by atoms with van der Waals surface area (Å²) in [6, 6.07) is 7.57. The van der Waals surface area contributed by atoms with Crippen LogP contribution in [0, 0.1) is 0 Å². The number of nitrogens with zero attached hydrogens (tertiary/aromatic N) is 4. The Balaban J connectivity index is 1.59. The first-order chi connectivity index (χ1) is 12.7. The maximum absolute atomic E-state index is 13.1. The summed E-state index contributed by atoms with van der Waals surface area (Å²) >= 11 is 0. The Bertz CT molecular complexity index is 804. The molecule has 4 rings (SSSR count). The zero-order valence-corrected chi connectivity index (χ0v) is 15.2. The van der Waals surface area contributed by atoms with Crippen molar-refractivity contribution >= 4 is 5.91 Å². The van der Waals surface area contributed by atoms with Gasteiger partial charge in [-0.3, -0.25) is 4.79 Å². The Labute approximate surface area is 152 Å². The summed E-state index contributed by atoms with van der Waals surface area (Å²) in [7, 11) is 3.33. The lowest BCUT2D eigenvalue weighted by Gasteiger charge is -2.24. The molecule has 138 valence electrons. The third kappa shape index (κ3) is 2.96. The highest BCUT2D eigenvalue weighted by atomic mass is 16.5. The van der Waals surface area contributed by atoms with E-state index in [1.54, 1.807) is 14.2 Å². The Kier molecular flexibility index (Phi) is 4.63. The van der Waals surface area contributed by atoms with Crippen molar-refractivity contribution < 1.29 is 14.3 Å². The summed E-state index contributed by atoms with van der Waals surface area (Å²) in [6.45, 7) is 1.51. The zero-order valence-electron chi connectivity index (χ0n) is 15.2. The number of para-hydroxylation sites is 1. The first-order valence-electron chi connectivity index (χ1n) is 9.07. The molecule has 1 aromatic carbocycles. The van der Waals surface area contributed by atoms with Gasteiger partial charge in [-0.2, -0.15) is 0 Å². The fourth-order valence-corrected chi connectivity index (χ4v) is 4.02. The second-order valence-corrected chi connectivity index (χ2v) is 6.87. The average molecular weight is 356 g/mol. The van der Waals surface area contributed by atoms with E-state index in [-0.39, 0.29) is 18.1 Å². The predicted molar refractivity (Wildman–Crippen MR) is 94.9 cm³/mol. The standard InChI is InChI=1S/C19H24N4O3/c1-25-14-11-15(19-21-20-17-8-5-9-22(17)19)23(12-14)18(24)10-13-6-3-4-7-16(13)26-2/h3-4,6-7,14-15H,5,8-12H2,1-2H3/t14-,15+/m1/s1. The lowest BCUT2D eigenvalue weighted by Crippen LogP contribution is -2.34. The summed E-state index contributed by atoms with van der Waals surface area (Å²) in [5.41, 5.74) is 0.895. The largest absolute Gasteiger partial charge is 0.496 e. The summed E-state index contributed by atoms with van der Waals surface area (Å²) in [6.07, 6.45) is 3.14. The molecule has 2 atom stereocenters. The van der Waals surface area contributed by atoms with Crippen LogP contribution in [0.4, 0.5) is 0 Å². The third-order valence-electron chi connectivity index (χ3n) is 5.39. The number of fused-ring (bicyclic) bond motifs is 1. The Morgan fingerprint density at radius 3 is 2.92 bits per heavy atom. The van der Waals surface area contributed by atoms with Crippen molar-refractivity contribution in [1.29, 1.82) is 0 Å². The van der Waals surface area contributed by atoms with E-state index < -0.39 is 0 Å². The van der Waals surface area contributed by atoms with Crippen LogP contribution in [0.3, 0.4) is 0 Å². The van der Waals surface area contributed by atoms with Crippen LogP contribution >= 0.6 is 0 Å². The van der Waals surface area contributed by atoms with Crippen molar-refractivity contribution in [3.05, 3.63) is 41.5 Å². The molecule has 0 spiro atoms. The molecule has 0 saturated carbocycles. The van der Waals surface area contributed by atoms with E-state index in [1.165, 1.54) is 0 Å². The normalized spacial score (nSPS) is 21.8. The van der Waals surface area contributed by atoms with E-state index in [0.717, 1.165) is 48.8 Å². The minimum absolute atomic E-state index is 0.0240. The first kappa shape index (κ1) is 17.0. The Hall–Kier alpha value is -2.41. The van der Waals surface area contributed by atoms with Gasteiger partial charge in [0.2, 0.25) is 5.91 Å². The molecule has 2 aliphatic heterocycles. The number of methoxy groups -OCH3 is 2. The highest BCUT2D eigenvalue weighted by Gasteiger charge is 2.40. The molecule has 2 aromatic rings. The van der Waals surface area contributed by atoms with Crippen LogP contribution in [0.1, 0.15) is 36.1 Å². The molecule has 7 nitrogen and oxygen atoms in total. The van der Waals surface area contributed by atoms with E-state index in [4.69, 9.17) is 9.47 Å². The summed E-state index contributed by atoms with van der Waals surface area (Å²) in [4.78, 5) is 15.0. The minimum Gasteiger partial charge on any atom is -0.496 e. The number of hydrogen-bond donors (Lipinski definition) is 0. The van der Waals surface area contributed by atoms with Crippen LogP contribution in [0.2, 0.25) is 0 Å². The van der Waals surface area contributed by atoms with Gasteiger partial charge in [-0.25, -0.2) is 0 Å². The summed E-state index contributed by atoms with van der Waals surface area (Å²) in [5.74, 6) is 2.72. The monoisotopic (exact) mass is 356 g/mol. The molecular formula is C19H24N4O3. The van der Waals surface area contributed by atoms with Gasteiger partial charge in [0.1, 0.15) is 11.6 Å². The predicted octanol–water partition coefficient (Wildman–Crippen LogP) is 1.76. The van der Waals surface area contributed by atoms with Gasteiger partial charge in [-0.1, -0.05) is 18.2 Å². The van der Waals surface area contributed by atoms with Gasteiger partial charge in [0.05, 0.1) is 25.7 Å². The number of benzene rings is 1. The van der Waals surface area contributed by atoms with Gasteiger partial charge in [0, 0.05) is 38.6 Å². The second kappa shape index (κ2) is 7.07. The highest BCUT2D eigenvalue weighted by molar-refractivity contribution is 5.80. The molecule has 1 aromatic heterocycles. The maximum Gasteiger partial charge on any atom is 0.227 e. The van der Waals surface area contributed by atoms with Crippen LogP contribution in [-0.4, -0.2) is 52.4 Å². The van der Waals surface area contributed by atoms with Crippen molar-refractivity contribution in [3.63, 3.8) is 0 Å². The maximum atomic E-state index is 13.1. The lowest BCUT2D eigenvalue weighted by atomic mass is 10.1. The number of aryl methyl sites for hydroxylation is 1. The third-order valence-corrected chi connectivity index (χ3v) is 5.39. The minimum atomic E-state index is -0.0819. The number of amides is 1. The van der Waals surface area contributed by atoms with Gasteiger partial charge < -0.3 is 18.9 Å². The molecule has 1 saturated heterocycles. The number of likely N-dealkylation sites (tertiary alicyclic amines) is 1. The molecular weight excluding hydrogens is 332 g/mol. The van der Waals surface area contributed by atoms with E-state index in [0.29, 0.717) is 13.0 Å². The van der Waals surface area contributed by atoms with Gasteiger partial charge in [-0.05, 0) is 12.5 Å². The number of rotatable bonds is 5. The van der Waals surface area contributed by atoms with E-state index in [9.17, 15) is 4.79 Å². The van der Waals surface area contributed by atoms with E-state index >= 15 is 0 Å². The molecule has 0 aliphatic carbocycles. The smallest absolute Gasteiger partial charge is 0.227 e. The van der Waals surface area contributed by atoms with Crippen LogP contribution in [0.5, 0.6) is 5.75 Å². The van der Waals surface area contributed by atoms with Gasteiger partial charge in [0.25, 0.3) is 0 Å². The van der Waals surface area contributed by atoms with Crippen LogP contribution in [0.25, 0.3) is 0 Å². The van der Waals surface area contributed by atoms with Crippen molar-refractivity contribution in [3.8, 4) is 5.75 Å². The van der Waals surface area contributed by atoms with Crippen molar-refractivity contribution in [1.82, 2.24) is 19.7 Å². The molecule has 1 amide bonds. The van der Waals surface area contributed by atoms with Crippen molar-refractivity contribution in [2.24, 2.45) is 0 Å². The highest BCUT2D eigenvalue weighted by Crippen LogP contribution is 2.35. The van der Waals surface area contributed by atoms with Crippen LogP contribution in [-0.2, 0) is 28.9 Å². The Morgan fingerprint density at radius 1 is 1.27 bits per heavy atom. The molecule has 0 N–H and O–H groups in total. The number of aromatic nitrogens is 3. The number of ether oxygens (including phenoxy) is 2. The van der Waals surface area contributed by atoms with Crippen molar-refractivity contribution in [2.45, 2.75) is 44.4 Å². The molecule has 2 aliphatic rings. The van der Waals surface area contributed by atoms with Crippen LogP contribution < -0.4 is 4.74 Å². The fourth-order valence-electron chi connectivity index (χ4n) is 4.02.